The molecule has 0 spiro atoms. The number of hydrogen-bond acceptors (Lipinski definition) is 7. The molecule has 0 nitrogen and oxygen atoms in total. The van der Waals surface area contributed by atoms with Crippen molar-refractivity contribution >= 4 is 83.2 Å². The van der Waals surface area contributed by atoms with Crippen molar-refractivity contribution in [2.24, 2.45) is 0 Å². The summed E-state index contributed by atoms with van der Waals surface area (Å²) >= 11 is 14.9. The van der Waals surface area contributed by atoms with Gasteiger partial charge in [-0.1, -0.05) is 86.6 Å². The molecule has 0 fully saturated rings. The van der Waals surface area contributed by atoms with Crippen molar-refractivity contribution < 1.29 is 0 Å². The predicted octanol–water partition coefficient (Wildman–Crippen LogP) is 14.2. The van der Waals surface area contributed by atoms with E-state index in [1.54, 1.807) is 47.0 Å². The van der Waals surface area contributed by atoms with E-state index in [-0.39, 0.29) is 0 Å². The summed E-state index contributed by atoms with van der Waals surface area (Å²) in [5.74, 6) is 0. The van der Waals surface area contributed by atoms with Crippen LogP contribution in [-0.2, 0) is 12.8 Å². The minimum atomic E-state index is 1.02. The second kappa shape index (κ2) is 28.4. The van der Waals surface area contributed by atoms with Crippen molar-refractivity contribution in [2.45, 2.75) is 61.0 Å². The molecule has 0 aliphatic carbocycles. The number of thiol groups is 1. The summed E-state index contributed by atoms with van der Waals surface area (Å²) in [5, 5.41) is 0. The molecule has 0 atom stereocenters. The highest BCUT2D eigenvalue weighted by Gasteiger charge is 2.04. The van der Waals surface area contributed by atoms with E-state index in [1.807, 2.05) is 72.1 Å². The van der Waals surface area contributed by atoms with Crippen molar-refractivity contribution in [2.75, 3.05) is 37.5 Å². The van der Waals surface area contributed by atoms with Gasteiger partial charge >= 0.3 is 0 Å². The molecule has 0 N–H and O–H groups in total. The highest BCUT2D eigenvalue weighted by atomic mass is 32.2. The molecule has 0 amide bonds. The first-order valence-corrected chi connectivity index (χ1v) is 23.0. The lowest BCUT2D eigenvalue weighted by Crippen LogP contribution is -1.86. The summed E-state index contributed by atoms with van der Waals surface area (Å²) in [4.78, 5) is 9.30. The maximum absolute atomic E-state index is 4.08. The van der Waals surface area contributed by atoms with Gasteiger partial charge in [-0.3, -0.25) is 0 Å². The third kappa shape index (κ3) is 18.8. The van der Waals surface area contributed by atoms with Crippen LogP contribution in [0.4, 0.5) is 0 Å². The first kappa shape index (κ1) is 43.6. The minimum Gasteiger partial charge on any atom is -0.143 e. The fourth-order valence-corrected chi connectivity index (χ4v) is 8.22. The molecule has 5 aromatic rings. The van der Waals surface area contributed by atoms with E-state index < -0.39 is 0 Å². The molecule has 0 heterocycles. The van der Waals surface area contributed by atoms with Crippen molar-refractivity contribution in [3.05, 3.63) is 139 Å². The molecular weight excluding hydrogens is 705 g/mol. The summed E-state index contributed by atoms with van der Waals surface area (Å²) in [6.45, 7) is 4.39. The van der Waals surface area contributed by atoms with Gasteiger partial charge in [0, 0.05) is 34.3 Å². The lowest BCUT2D eigenvalue weighted by molar-refractivity contribution is 1.04. The van der Waals surface area contributed by atoms with Gasteiger partial charge in [0.15, 0.2) is 0 Å². The molecular formula is C40H50S7. The Balaban J connectivity index is 0.000000297. The number of benzene rings is 5. The van der Waals surface area contributed by atoms with Crippen LogP contribution in [0.15, 0.2) is 162 Å². The van der Waals surface area contributed by atoms with E-state index in [4.69, 9.17) is 0 Å². The number of hydrogen-bond donors (Lipinski definition) is 1. The summed E-state index contributed by atoms with van der Waals surface area (Å²) in [7, 11) is 0. The van der Waals surface area contributed by atoms with Crippen LogP contribution in [0, 0.1) is 0 Å². The largest absolute Gasteiger partial charge is 0.143 e. The van der Waals surface area contributed by atoms with Gasteiger partial charge in [-0.05, 0) is 116 Å². The van der Waals surface area contributed by atoms with Crippen LogP contribution in [-0.4, -0.2) is 37.5 Å². The summed E-state index contributed by atoms with van der Waals surface area (Å²) in [5.41, 5.74) is 2.89. The van der Waals surface area contributed by atoms with Gasteiger partial charge in [0.05, 0.1) is 0 Å². The molecule has 0 aliphatic heterocycles. The smallest absolute Gasteiger partial charge is 0.0237 e. The van der Waals surface area contributed by atoms with Gasteiger partial charge in [0.25, 0.3) is 0 Å². The Hall–Kier alpha value is -1.45. The SMILES string of the molecule is CCc1cccc(SC)c1.CCc1cccc(SC)c1SC.CSc1ccccc1.CSc1ccccc1SC.Sc1ccccc1. The molecule has 0 unspecified atom stereocenters. The Morgan fingerprint density at radius 2 is 0.894 bits per heavy atom. The minimum absolute atomic E-state index is 1.02. The van der Waals surface area contributed by atoms with Crippen LogP contribution >= 0.6 is 83.2 Å². The normalized spacial score (nSPS) is 9.64. The average Bonchev–Trinajstić information content (AvgIpc) is 3.15. The van der Waals surface area contributed by atoms with Crippen LogP contribution in [0.2, 0.25) is 0 Å². The van der Waals surface area contributed by atoms with E-state index in [0.717, 1.165) is 17.7 Å². The Morgan fingerprint density at radius 3 is 1.30 bits per heavy atom. The summed E-state index contributed by atoms with van der Waals surface area (Å²) < 4.78 is 0. The molecule has 47 heavy (non-hydrogen) atoms. The molecule has 0 radical (unpaired) electrons. The monoisotopic (exact) mass is 754 g/mol. The Kier molecular flexibility index (Phi) is 26.3. The molecule has 0 saturated carbocycles. The zero-order chi connectivity index (χ0) is 34.7. The summed E-state index contributed by atoms with van der Waals surface area (Å²) in [6, 6.07) is 43.8. The van der Waals surface area contributed by atoms with Gasteiger partial charge in [-0.25, -0.2) is 0 Å². The van der Waals surface area contributed by atoms with Gasteiger partial charge in [-0.2, -0.15) is 0 Å². The fourth-order valence-electron chi connectivity index (χ4n) is 3.90. The second-order valence-corrected chi connectivity index (χ2v) is 15.1. The third-order valence-electron chi connectivity index (χ3n) is 6.43. The maximum atomic E-state index is 4.08. The van der Waals surface area contributed by atoms with E-state index in [0.29, 0.717) is 0 Å². The zero-order valence-corrected chi connectivity index (χ0v) is 34.7. The molecule has 0 aromatic heterocycles. The average molecular weight is 755 g/mol. The summed E-state index contributed by atoms with van der Waals surface area (Å²) in [6.07, 6.45) is 14.9. The highest BCUT2D eigenvalue weighted by Crippen LogP contribution is 2.31. The quantitative estimate of drug-likeness (QED) is 0.123. The number of thioether (sulfide) groups is 6. The first-order chi connectivity index (χ1) is 22.9. The maximum Gasteiger partial charge on any atom is 0.0237 e. The molecule has 5 aromatic carbocycles. The molecule has 0 bridgehead atoms. The zero-order valence-electron chi connectivity index (χ0n) is 28.9. The Morgan fingerprint density at radius 1 is 0.426 bits per heavy atom. The van der Waals surface area contributed by atoms with Crippen molar-refractivity contribution in [1.29, 1.82) is 0 Å². The standard InChI is InChI=1S/C10H14S2.C9H12S.C8H10S2.C7H8S.C6H6S/c1-4-8-6-5-7-9(11-2)10(8)12-3;1-3-8-5-4-6-9(7-8)10-2;1-9-7-5-3-4-6-8(7)10-2;1-8-7-5-3-2-4-6-7;7-6-4-2-1-3-5-6/h5-7H,4H2,1-3H3;4-7H,3H2,1-2H3;3-6H,1-2H3;2-6H,1H3;1-5,7H. The molecule has 0 aliphatic rings. The van der Waals surface area contributed by atoms with Crippen molar-refractivity contribution in [1.82, 2.24) is 0 Å². The van der Waals surface area contributed by atoms with Crippen LogP contribution in [0.5, 0.6) is 0 Å². The first-order valence-electron chi connectivity index (χ1n) is 15.2. The number of rotatable bonds is 8. The molecule has 252 valence electrons. The van der Waals surface area contributed by atoms with E-state index in [2.05, 4.69) is 143 Å². The van der Waals surface area contributed by atoms with Gasteiger partial charge in [0.1, 0.15) is 0 Å². The van der Waals surface area contributed by atoms with Gasteiger partial charge in [0.2, 0.25) is 0 Å². The second-order valence-electron chi connectivity index (χ2n) is 9.42. The van der Waals surface area contributed by atoms with E-state index in [1.165, 1.54) is 40.5 Å². The van der Waals surface area contributed by atoms with Crippen LogP contribution in [0.3, 0.4) is 0 Å². The van der Waals surface area contributed by atoms with E-state index >= 15 is 0 Å². The highest BCUT2D eigenvalue weighted by molar-refractivity contribution is 8.02. The lowest BCUT2D eigenvalue weighted by atomic mass is 10.2. The molecule has 5 rings (SSSR count). The fraction of sp³-hybridized carbons (Fsp3) is 0.250. The predicted molar refractivity (Wildman–Crippen MR) is 229 cm³/mol. The van der Waals surface area contributed by atoms with Crippen molar-refractivity contribution in [3.8, 4) is 0 Å². The van der Waals surface area contributed by atoms with Crippen LogP contribution < -0.4 is 0 Å². The number of aryl methyl sites for hydroxylation is 2. The topological polar surface area (TPSA) is 0 Å². The van der Waals surface area contributed by atoms with E-state index in [9.17, 15) is 0 Å². The Bertz CT molecular complexity index is 1410. The molecule has 7 heteroatoms. The van der Waals surface area contributed by atoms with Crippen LogP contribution in [0.25, 0.3) is 0 Å². The van der Waals surface area contributed by atoms with Crippen LogP contribution in [0.1, 0.15) is 25.0 Å². The Labute approximate surface area is 317 Å². The molecule has 0 saturated heterocycles. The third-order valence-corrected chi connectivity index (χ3v) is 11.7. The van der Waals surface area contributed by atoms with Gasteiger partial charge < -0.3 is 0 Å². The van der Waals surface area contributed by atoms with Crippen molar-refractivity contribution in [3.63, 3.8) is 0 Å². The lowest BCUT2D eigenvalue weighted by Gasteiger charge is -2.08. The van der Waals surface area contributed by atoms with Gasteiger partial charge in [-0.15, -0.1) is 83.2 Å².